The van der Waals surface area contributed by atoms with E-state index < -0.39 is 10.0 Å². The Labute approximate surface area is 199 Å². The summed E-state index contributed by atoms with van der Waals surface area (Å²) < 4.78 is 32.9. The number of nitrogens with one attached hydrogen (secondary N) is 1. The van der Waals surface area contributed by atoms with Gasteiger partial charge in [-0.15, -0.1) is 0 Å². The van der Waals surface area contributed by atoms with Crippen molar-refractivity contribution in [1.82, 2.24) is 10.3 Å². The molecule has 7 nitrogen and oxygen atoms in total. The van der Waals surface area contributed by atoms with Crippen molar-refractivity contribution >= 4 is 44.4 Å². The molecule has 4 rings (SSSR count). The zero-order valence-electron chi connectivity index (χ0n) is 19.0. The van der Waals surface area contributed by atoms with Gasteiger partial charge in [0.25, 0.3) is 5.91 Å². The summed E-state index contributed by atoms with van der Waals surface area (Å²) in [5, 5.41) is 3.83. The lowest BCUT2D eigenvalue weighted by Gasteiger charge is -2.23. The molecule has 0 bridgehead atoms. The van der Waals surface area contributed by atoms with E-state index in [2.05, 4.69) is 12.2 Å². The van der Waals surface area contributed by atoms with E-state index in [1.165, 1.54) is 10.6 Å². The third-order valence-electron chi connectivity index (χ3n) is 5.87. The first-order valence-corrected chi connectivity index (χ1v) is 13.4. The molecule has 0 atom stereocenters. The SMILES string of the molecule is CCCCCN(c1nc2oc(-c3ccc(Cl)cc3)c(C(=O)NC)c2cc1C1CC1)S(C)(=O)=O. The molecule has 1 N–H and O–H groups in total. The number of hydrogen-bond donors (Lipinski definition) is 1. The first kappa shape index (κ1) is 23.6. The van der Waals surface area contributed by atoms with Crippen LogP contribution in [0.4, 0.5) is 5.82 Å². The topological polar surface area (TPSA) is 92.5 Å². The van der Waals surface area contributed by atoms with Crippen molar-refractivity contribution in [1.29, 1.82) is 0 Å². The Morgan fingerprint density at radius 3 is 2.52 bits per heavy atom. The highest BCUT2D eigenvalue weighted by atomic mass is 35.5. The number of fused-ring (bicyclic) bond motifs is 1. The summed E-state index contributed by atoms with van der Waals surface area (Å²) in [6.07, 6.45) is 5.78. The minimum Gasteiger partial charge on any atom is -0.437 e. The van der Waals surface area contributed by atoms with Crippen molar-refractivity contribution in [3.05, 3.63) is 46.5 Å². The summed E-state index contributed by atoms with van der Waals surface area (Å²) in [5.41, 5.74) is 2.15. The van der Waals surface area contributed by atoms with E-state index in [0.717, 1.165) is 37.7 Å². The molecule has 0 unspecified atom stereocenters. The van der Waals surface area contributed by atoms with E-state index >= 15 is 0 Å². The number of pyridine rings is 1. The molecule has 1 aromatic carbocycles. The quantitative estimate of drug-likeness (QED) is 0.409. The molecule has 0 radical (unpaired) electrons. The van der Waals surface area contributed by atoms with Crippen LogP contribution in [0, 0.1) is 0 Å². The molecule has 176 valence electrons. The van der Waals surface area contributed by atoms with Crippen molar-refractivity contribution in [2.24, 2.45) is 0 Å². The minimum absolute atomic E-state index is 0.221. The lowest BCUT2D eigenvalue weighted by molar-refractivity contribution is 0.0964. The number of carbonyl (C=O) groups excluding carboxylic acids is 1. The van der Waals surface area contributed by atoms with Gasteiger partial charge in [0.15, 0.2) is 0 Å². The van der Waals surface area contributed by atoms with Crippen LogP contribution in [0.25, 0.3) is 22.4 Å². The van der Waals surface area contributed by atoms with Crippen LogP contribution in [-0.2, 0) is 10.0 Å². The Balaban J connectivity index is 1.93. The van der Waals surface area contributed by atoms with Gasteiger partial charge in [-0.05, 0) is 61.1 Å². The highest BCUT2D eigenvalue weighted by molar-refractivity contribution is 7.92. The van der Waals surface area contributed by atoms with Crippen molar-refractivity contribution < 1.29 is 17.6 Å². The predicted molar refractivity (Wildman–Crippen MR) is 132 cm³/mol. The molecule has 1 amide bonds. The molecular weight excluding hydrogens is 462 g/mol. The fraction of sp³-hybridized carbons (Fsp3) is 0.417. The predicted octanol–water partition coefficient (Wildman–Crippen LogP) is 5.34. The van der Waals surface area contributed by atoms with Crippen molar-refractivity contribution in [2.45, 2.75) is 44.9 Å². The second-order valence-electron chi connectivity index (χ2n) is 8.46. The summed E-state index contributed by atoms with van der Waals surface area (Å²) >= 11 is 6.04. The zero-order valence-corrected chi connectivity index (χ0v) is 20.6. The largest absolute Gasteiger partial charge is 0.437 e. The van der Waals surface area contributed by atoms with Gasteiger partial charge >= 0.3 is 0 Å². The van der Waals surface area contributed by atoms with Crippen LogP contribution in [0.3, 0.4) is 0 Å². The normalized spacial score (nSPS) is 13.9. The number of halogens is 1. The molecule has 0 spiro atoms. The number of sulfonamides is 1. The van der Waals surface area contributed by atoms with E-state index in [1.54, 1.807) is 31.3 Å². The minimum atomic E-state index is -3.54. The second kappa shape index (κ2) is 9.35. The van der Waals surface area contributed by atoms with Crippen LogP contribution in [0.1, 0.15) is 60.9 Å². The average molecular weight is 490 g/mol. The summed E-state index contributed by atoms with van der Waals surface area (Å²) in [5.74, 6) is 0.712. The Kier molecular flexibility index (Phi) is 6.68. The number of nitrogens with zero attached hydrogens (tertiary/aromatic N) is 2. The van der Waals surface area contributed by atoms with Gasteiger partial charge < -0.3 is 9.73 Å². The first-order valence-electron chi connectivity index (χ1n) is 11.2. The molecule has 1 saturated carbocycles. The molecular formula is C24H28ClN3O4S. The molecule has 0 aliphatic heterocycles. The lowest BCUT2D eigenvalue weighted by Crippen LogP contribution is -2.32. The molecule has 2 heterocycles. The first-order chi connectivity index (χ1) is 15.7. The van der Waals surface area contributed by atoms with E-state index in [4.69, 9.17) is 21.0 Å². The number of amides is 1. The van der Waals surface area contributed by atoms with E-state index in [-0.39, 0.29) is 17.5 Å². The number of carbonyl (C=O) groups is 1. The highest BCUT2D eigenvalue weighted by Crippen LogP contribution is 2.46. The highest BCUT2D eigenvalue weighted by Gasteiger charge is 2.34. The van der Waals surface area contributed by atoms with Gasteiger partial charge in [0.05, 0.1) is 17.2 Å². The number of furan rings is 1. The molecule has 0 saturated heterocycles. The fourth-order valence-electron chi connectivity index (χ4n) is 4.01. The fourth-order valence-corrected chi connectivity index (χ4v) is 5.06. The van der Waals surface area contributed by atoms with Crippen LogP contribution in [-0.4, -0.2) is 39.2 Å². The Hall–Kier alpha value is -2.58. The average Bonchev–Trinajstić information content (AvgIpc) is 3.55. The molecule has 1 fully saturated rings. The molecule has 33 heavy (non-hydrogen) atoms. The summed E-state index contributed by atoms with van der Waals surface area (Å²) in [7, 11) is -1.98. The maximum absolute atomic E-state index is 12.9. The van der Waals surface area contributed by atoms with Crippen molar-refractivity contribution in [3.63, 3.8) is 0 Å². The third-order valence-corrected chi connectivity index (χ3v) is 7.28. The van der Waals surface area contributed by atoms with Crippen LogP contribution >= 0.6 is 11.6 Å². The van der Waals surface area contributed by atoms with E-state index in [1.807, 2.05) is 6.07 Å². The van der Waals surface area contributed by atoms with Crippen molar-refractivity contribution in [2.75, 3.05) is 24.2 Å². The van der Waals surface area contributed by atoms with Gasteiger partial charge in [0.2, 0.25) is 15.7 Å². The summed E-state index contributed by atoms with van der Waals surface area (Å²) in [6.45, 7) is 2.43. The van der Waals surface area contributed by atoms with Gasteiger partial charge in [-0.3, -0.25) is 9.10 Å². The van der Waals surface area contributed by atoms with Crippen LogP contribution in [0.15, 0.2) is 34.7 Å². The zero-order chi connectivity index (χ0) is 23.8. The van der Waals surface area contributed by atoms with Crippen LogP contribution in [0.5, 0.6) is 0 Å². The standard InChI is InChI=1S/C24H28ClN3O4S/c1-4-5-6-13-28(33(3,30)31)22-18(15-7-8-15)14-19-20(23(29)26-2)21(32-24(19)27-22)16-9-11-17(25)12-10-16/h9-12,14-15H,4-8,13H2,1-3H3,(H,26,29). The van der Waals surface area contributed by atoms with Gasteiger partial charge in [-0.2, -0.15) is 4.98 Å². The number of anilines is 1. The monoisotopic (exact) mass is 489 g/mol. The molecule has 1 aliphatic rings. The molecule has 9 heteroatoms. The summed E-state index contributed by atoms with van der Waals surface area (Å²) in [4.78, 5) is 17.6. The van der Waals surface area contributed by atoms with Crippen LogP contribution < -0.4 is 9.62 Å². The van der Waals surface area contributed by atoms with Gasteiger partial charge in [0, 0.05) is 24.2 Å². The second-order valence-corrected chi connectivity index (χ2v) is 10.8. The van der Waals surface area contributed by atoms with Crippen LogP contribution in [0.2, 0.25) is 5.02 Å². The maximum Gasteiger partial charge on any atom is 0.255 e. The van der Waals surface area contributed by atoms with Gasteiger partial charge in [0.1, 0.15) is 11.6 Å². The molecule has 1 aliphatic carbocycles. The van der Waals surface area contributed by atoms with Gasteiger partial charge in [-0.1, -0.05) is 31.4 Å². The maximum atomic E-state index is 12.9. The Bertz CT molecular complexity index is 1280. The number of rotatable bonds is 9. The Morgan fingerprint density at radius 1 is 1.24 bits per heavy atom. The van der Waals surface area contributed by atoms with Crippen molar-refractivity contribution in [3.8, 4) is 11.3 Å². The Morgan fingerprint density at radius 2 is 1.94 bits per heavy atom. The number of unbranched alkanes of at least 4 members (excludes halogenated alkanes) is 2. The number of benzene rings is 1. The molecule has 3 aromatic rings. The number of hydrogen-bond acceptors (Lipinski definition) is 5. The smallest absolute Gasteiger partial charge is 0.255 e. The van der Waals surface area contributed by atoms with Gasteiger partial charge in [-0.25, -0.2) is 8.42 Å². The lowest BCUT2D eigenvalue weighted by atomic mass is 10.0. The third kappa shape index (κ3) is 4.87. The summed E-state index contributed by atoms with van der Waals surface area (Å²) in [6, 6.07) is 8.91. The van der Waals surface area contributed by atoms with E-state index in [9.17, 15) is 13.2 Å². The van der Waals surface area contributed by atoms with E-state index in [0.29, 0.717) is 39.7 Å². The molecule has 2 aromatic heterocycles. The number of aromatic nitrogens is 1.